The van der Waals surface area contributed by atoms with Crippen molar-refractivity contribution in [3.63, 3.8) is 0 Å². The van der Waals surface area contributed by atoms with Gasteiger partial charge in [-0.2, -0.15) is 4.98 Å². The Morgan fingerprint density at radius 2 is 2.15 bits per heavy atom. The lowest BCUT2D eigenvalue weighted by atomic mass is 10.1. The van der Waals surface area contributed by atoms with Crippen LogP contribution in [-0.4, -0.2) is 30.5 Å². The number of fused-ring (bicyclic) bond motifs is 1. The molecule has 0 aliphatic carbocycles. The lowest BCUT2D eigenvalue weighted by Crippen LogP contribution is -2.17. The summed E-state index contributed by atoms with van der Waals surface area (Å²) in [6.45, 7) is 1.62. The maximum absolute atomic E-state index is 5.69. The monoisotopic (exact) mass is 277 g/mol. The Labute approximate surface area is 115 Å². The molecule has 1 aliphatic rings. The highest BCUT2D eigenvalue weighted by atomic mass is 16.6. The second kappa shape index (κ2) is 5.48. The molecule has 0 fully saturated rings. The summed E-state index contributed by atoms with van der Waals surface area (Å²) in [6.07, 6.45) is 0. The average Bonchev–Trinajstić information content (AvgIpc) is 2.96. The molecule has 2 N–H and O–H groups in total. The lowest BCUT2D eigenvalue weighted by molar-refractivity contribution is 0.153. The molecule has 1 aliphatic heterocycles. The predicted octanol–water partition coefficient (Wildman–Crippen LogP) is 1.11. The van der Waals surface area contributed by atoms with E-state index < -0.39 is 0 Å². The van der Waals surface area contributed by atoms with Gasteiger partial charge >= 0.3 is 0 Å². The van der Waals surface area contributed by atoms with E-state index in [1.54, 1.807) is 7.11 Å². The zero-order valence-corrected chi connectivity index (χ0v) is 11.1. The molecule has 3 rings (SSSR count). The Kier molecular flexibility index (Phi) is 3.53. The van der Waals surface area contributed by atoms with E-state index in [-0.39, 0.29) is 6.54 Å². The molecule has 7 heteroatoms. The summed E-state index contributed by atoms with van der Waals surface area (Å²) < 4.78 is 21.5. The van der Waals surface area contributed by atoms with Crippen LogP contribution in [0.25, 0.3) is 11.4 Å². The highest BCUT2D eigenvalue weighted by molar-refractivity contribution is 5.67. The van der Waals surface area contributed by atoms with Crippen LogP contribution in [0.5, 0.6) is 11.5 Å². The molecule has 1 aromatic heterocycles. The molecule has 1 aromatic carbocycles. The number of nitrogens with two attached hydrogens (primary N) is 1. The van der Waals surface area contributed by atoms with Crippen LogP contribution in [0.3, 0.4) is 0 Å². The molecule has 0 saturated heterocycles. The highest BCUT2D eigenvalue weighted by Gasteiger charge is 2.22. The van der Waals surface area contributed by atoms with Gasteiger partial charge in [-0.3, -0.25) is 0 Å². The topological polar surface area (TPSA) is 92.6 Å². The van der Waals surface area contributed by atoms with E-state index in [9.17, 15) is 0 Å². The van der Waals surface area contributed by atoms with Gasteiger partial charge in [0.1, 0.15) is 13.2 Å². The average molecular weight is 277 g/mol. The van der Waals surface area contributed by atoms with Gasteiger partial charge in [-0.1, -0.05) is 5.16 Å². The van der Waals surface area contributed by atoms with Gasteiger partial charge in [-0.05, 0) is 12.1 Å². The van der Waals surface area contributed by atoms with Crippen molar-refractivity contribution in [3.8, 4) is 22.9 Å². The van der Waals surface area contributed by atoms with Gasteiger partial charge in [0.15, 0.2) is 11.5 Å². The van der Waals surface area contributed by atoms with E-state index >= 15 is 0 Å². The molecule has 7 nitrogen and oxygen atoms in total. The zero-order valence-electron chi connectivity index (χ0n) is 11.1. The minimum Gasteiger partial charge on any atom is -0.486 e. The molecule has 2 aromatic rings. The molecule has 0 spiro atoms. The van der Waals surface area contributed by atoms with Crippen molar-refractivity contribution in [3.05, 3.63) is 23.6 Å². The first kappa shape index (κ1) is 12.9. The summed E-state index contributed by atoms with van der Waals surface area (Å²) in [4.78, 5) is 4.24. The second-order valence-corrected chi connectivity index (χ2v) is 4.26. The first-order valence-electron chi connectivity index (χ1n) is 6.27. The second-order valence-electron chi connectivity index (χ2n) is 4.26. The van der Waals surface area contributed by atoms with E-state index in [2.05, 4.69) is 10.1 Å². The van der Waals surface area contributed by atoms with E-state index in [1.807, 2.05) is 12.1 Å². The number of benzene rings is 1. The lowest BCUT2D eigenvalue weighted by Gasteiger charge is -2.22. The Morgan fingerprint density at radius 1 is 1.30 bits per heavy atom. The molecule has 0 atom stereocenters. The Hall–Kier alpha value is -2.12. The van der Waals surface area contributed by atoms with E-state index in [0.717, 1.165) is 11.1 Å². The first-order valence-corrected chi connectivity index (χ1v) is 6.27. The van der Waals surface area contributed by atoms with Crippen LogP contribution in [0, 0.1) is 0 Å². The fraction of sp³-hybridized carbons (Fsp3) is 0.385. The summed E-state index contributed by atoms with van der Waals surface area (Å²) in [5.74, 6) is 2.23. The van der Waals surface area contributed by atoms with Crippen LogP contribution in [0.4, 0.5) is 0 Å². The number of rotatable bonds is 4. The van der Waals surface area contributed by atoms with Crippen molar-refractivity contribution < 1.29 is 18.7 Å². The van der Waals surface area contributed by atoms with Gasteiger partial charge in [-0.25, -0.2) is 0 Å². The van der Waals surface area contributed by atoms with Crippen LogP contribution in [-0.2, 0) is 17.9 Å². The van der Waals surface area contributed by atoms with Crippen molar-refractivity contribution in [2.24, 2.45) is 5.73 Å². The van der Waals surface area contributed by atoms with Crippen LogP contribution < -0.4 is 15.2 Å². The molecule has 0 radical (unpaired) electrons. The normalized spacial score (nSPS) is 13.5. The number of ether oxygens (including phenoxy) is 3. The van der Waals surface area contributed by atoms with Crippen LogP contribution >= 0.6 is 0 Å². The summed E-state index contributed by atoms with van der Waals surface area (Å²) in [5.41, 5.74) is 7.12. The number of hydrogen-bond acceptors (Lipinski definition) is 7. The third-order valence-electron chi connectivity index (χ3n) is 2.98. The number of nitrogens with zero attached hydrogens (tertiary/aromatic N) is 2. The quantitative estimate of drug-likeness (QED) is 0.894. The molecule has 0 saturated carbocycles. The molecular formula is C13H15N3O4. The summed E-state index contributed by atoms with van der Waals surface area (Å²) >= 11 is 0. The van der Waals surface area contributed by atoms with Crippen LogP contribution in [0.15, 0.2) is 16.7 Å². The molecular weight excluding hydrogens is 262 g/mol. The summed E-state index contributed by atoms with van der Waals surface area (Å²) in [5, 5.41) is 3.93. The van der Waals surface area contributed by atoms with Crippen molar-refractivity contribution >= 4 is 0 Å². The minimum absolute atomic E-state index is 0.206. The van der Waals surface area contributed by atoms with Gasteiger partial charge in [0, 0.05) is 18.2 Å². The van der Waals surface area contributed by atoms with Gasteiger partial charge in [0.25, 0.3) is 0 Å². The summed E-state index contributed by atoms with van der Waals surface area (Å²) in [6, 6.07) is 3.70. The third kappa shape index (κ3) is 2.21. The van der Waals surface area contributed by atoms with Crippen molar-refractivity contribution in [1.29, 1.82) is 0 Å². The van der Waals surface area contributed by atoms with Gasteiger partial charge in [-0.15, -0.1) is 0 Å². The van der Waals surface area contributed by atoms with Crippen LogP contribution in [0.1, 0.15) is 11.5 Å². The predicted molar refractivity (Wildman–Crippen MR) is 69.3 cm³/mol. The van der Waals surface area contributed by atoms with Crippen molar-refractivity contribution in [2.75, 3.05) is 20.3 Å². The minimum atomic E-state index is 0.206. The molecule has 106 valence electrons. The zero-order chi connectivity index (χ0) is 13.9. The number of methoxy groups -OCH3 is 1. The Bertz CT molecular complexity index is 612. The largest absolute Gasteiger partial charge is 0.486 e. The van der Waals surface area contributed by atoms with E-state index in [1.165, 1.54) is 0 Å². The first-order chi connectivity index (χ1) is 9.83. The smallest absolute Gasteiger partial charge is 0.240 e. The SMILES string of the molecule is COCc1c(-c2noc(CN)n2)ccc2c1OCCO2. The van der Waals surface area contributed by atoms with E-state index in [4.69, 9.17) is 24.5 Å². The van der Waals surface area contributed by atoms with Crippen molar-refractivity contribution in [2.45, 2.75) is 13.2 Å². The van der Waals surface area contributed by atoms with Crippen molar-refractivity contribution in [1.82, 2.24) is 10.1 Å². The fourth-order valence-corrected chi connectivity index (χ4v) is 2.12. The van der Waals surface area contributed by atoms with Gasteiger partial charge < -0.3 is 24.5 Å². The maximum Gasteiger partial charge on any atom is 0.240 e. The summed E-state index contributed by atoms with van der Waals surface area (Å²) in [7, 11) is 1.62. The van der Waals surface area contributed by atoms with Gasteiger partial charge in [0.05, 0.1) is 13.2 Å². The molecule has 0 bridgehead atoms. The highest BCUT2D eigenvalue weighted by Crippen LogP contribution is 2.39. The standard InChI is InChI=1S/C13H15N3O4/c1-17-7-9-8(13-15-11(6-14)20-16-13)2-3-10-12(9)19-5-4-18-10/h2-3H,4-7,14H2,1H3. The Balaban J connectivity index is 2.09. The Morgan fingerprint density at radius 3 is 2.90 bits per heavy atom. The third-order valence-corrected chi connectivity index (χ3v) is 2.98. The van der Waals surface area contributed by atoms with Crippen LogP contribution in [0.2, 0.25) is 0 Å². The number of hydrogen-bond donors (Lipinski definition) is 1. The molecule has 0 unspecified atom stereocenters. The molecule has 0 amide bonds. The number of aromatic nitrogens is 2. The maximum atomic E-state index is 5.69. The van der Waals surface area contributed by atoms with Gasteiger partial charge in [0.2, 0.25) is 11.7 Å². The molecule has 20 heavy (non-hydrogen) atoms. The van der Waals surface area contributed by atoms with E-state index in [0.29, 0.717) is 43.0 Å². The molecule has 2 heterocycles. The fourth-order valence-electron chi connectivity index (χ4n) is 2.12.